The Balaban J connectivity index is 2.46. The zero-order chi connectivity index (χ0) is 14.0. The zero-order valence-corrected chi connectivity index (χ0v) is 11.3. The van der Waals surface area contributed by atoms with Crippen molar-refractivity contribution >= 4 is 17.2 Å². The molecule has 4 nitrogen and oxygen atoms in total. The highest BCUT2D eigenvalue weighted by Gasteiger charge is 2.15. The molecule has 0 amide bonds. The van der Waals surface area contributed by atoms with Gasteiger partial charge in [-0.3, -0.25) is 0 Å². The summed E-state index contributed by atoms with van der Waals surface area (Å²) >= 11 is 4.99. The number of nitrogens with two attached hydrogens (primary N) is 1. The molecule has 0 fully saturated rings. The monoisotopic (exact) mass is 277 g/mol. The molecule has 0 aliphatic heterocycles. The second kappa shape index (κ2) is 5.27. The van der Waals surface area contributed by atoms with Crippen LogP contribution in [0.25, 0.3) is 0 Å². The number of aromatic nitrogens is 2. The molecule has 0 saturated heterocycles. The van der Waals surface area contributed by atoms with Gasteiger partial charge in [-0.15, -0.1) is 5.10 Å². The van der Waals surface area contributed by atoms with Crippen LogP contribution in [0.15, 0.2) is 24.3 Å². The molecule has 1 aromatic heterocycles. The molecule has 1 heterocycles. The number of halogens is 1. The van der Waals surface area contributed by atoms with Crippen LogP contribution in [-0.4, -0.2) is 15.2 Å². The highest BCUT2D eigenvalue weighted by molar-refractivity contribution is 7.80. The van der Waals surface area contributed by atoms with Gasteiger partial charge in [0.2, 0.25) is 5.88 Å². The van der Waals surface area contributed by atoms with Crippen LogP contribution in [-0.2, 0) is 0 Å². The predicted molar refractivity (Wildman–Crippen MR) is 73.9 cm³/mol. The average Bonchev–Trinajstić information content (AvgIpc) is 2.33. The van der Waals surface area contributed by atoms with Crippen molar-refractivity contribution < 1.29 is 9.13 Å². The molecule has 0 aliphatic rings. The Hall–Kier alpha value is -2.08. The van der Waals surface area contributed by atoms with Crippen molar-refractivity contribution in [3.8, 4) is 11.6 Å². The van der Waals surface area contributed by atoms with Gasteiger partial charge in [0, 0.05) is 6.07 Å². The van der Waals surface area contributed by atoms with E-state index in [1.54, 1.807) is 19.1 Å². The number of benzene rings is 1. The molecule has 1 aromatic carbocycles. The molecule has 6 heteroatoms. The number of thiocarbonyl (C=S) groups is 1. The molecule has 0 atom stereocenters. The number of hydrogen-bond donors (Lipinski definition) is 1. The minimum absolute atomic E-state index is 0.168. The van der Waals surface area contributed by atoms with Gasteiger partial charge in [0.25, 0.3) is 0 Å². The zero-order valence-electron chi connectivity index (χ0n) is 10.5. The third-order valence-electron chi connectivity index (χ3n) is 2.68. The standard InChI is InChI=1S/C13H12FN3OS/c1-7-8(2)16-17-13(11(7)12(15)19)18-10-5-3-4-9(14)6-10/h3-6H,1-2H3,(H2,15,19). The number of rotatable bonds is 3. The van der Waals surface area contributed by atoms with Crippen LogP contribution < -0.4 is 10.5 Å². The van der Waals surface area contributed by atoms with Crippen LogP contribution in [0.5, 0.6) is 11.6 Å². The van der Waals surface area contributed by atoms with Crippen molar-refractivity contribution in [1.82, 2.24) is 10.2 Å². The molecular formula is C13H12FN3OS. The predicted octanol–water partition coefficient (Wildman–Crippen LogP) is 2.66. The quantitative estimate of drug-likeness (QED) is 0.874. The number of nitrogens with zero attached hydrogens (tertiary/aromatic N) is 2. The minimum atomic E-state index is -0.397. The van der Waals surface area contributed by atoms with E-state index < -0.39 is 5.82 Å². The number of aryl methyl sites for hydroxylation is 1. The van der Waals surface area contributed by atoms with Crippen LogP contribution in [0, 0.1) is 19.7 Å². The largest absolute Gasteiger partial charge is 0.437 e. The Bertz CT molecular complexity index is 646. The Kier molecular flexibility index (Phi) is 3.71. The Morgan fingerprint density at radius 1 is 1.32 bits per heavy atom. The van der Waals surface area contributed by atoms with Crippen LogP contribution in [0.3, 0.4) is 0 Å². The Labute approximate surface area is 115 Å². The fourth-order valence-corrected chi connectivity index (χ4v) is 1.83. The van der Waals surface area contributed by atoms with E-state index >= 15 is 0 Å². The van der Waals surface area contributed by atoms with E-state index in [1.807, 2.05) is 6.92 Å². The third-order valence-corrected chi connectivity index (χ3v) is 2.88. The maximum Gasteiger partial charge on any atom is 0.249 e. The summed E-state index contributed by atoms with van der Waals surface area (Å²) in [7, 11) is 0. The molecule has 0 unspecified atom stereocenters. The lowest BCUT2D eigenvalue weighted by Crippen LogP contribution is -2.15. The molecule has 0 bridgehead atoms. The fraction of sp³-hybridized carbons (Fsp3) is 0.154. The van der Waals surface area contributed by atoms with E-state index in [2.05, 4.69) is 10.2 Å². The molecule has 2 rings (SSSR count). The lowest BCUT2D eigenvalue weighted by atomic mass is 10.1. The number of hydrogen-bond acceptors (Lipinski definition) is 4. The van der Waals surface area contributed by atoms with Crippen molar-refractivity contribution in [2.45, 2.75) is 13.8 Å². The van der Waals surface area contributed by atoms with Gasteiger partial charge >= 0.3 is 0 Å². The summed E-state index contributed by atoms with van der Waals surface area (Å²) in [6.07, 6.45) is 0. The maximum atomic E-state index is 13.1. The highest BCUT2D eigenvalue weighted by atomic mass is 32.1. The van der Waals surface area contributed by atoms with Gasteiger partial charge in [-0.1, -0.05) is 18.3 Å². The van der Waals surface area contributed by atoms with Crippen LogP contribution in [0.1, 0.15) is 16.8 Å². The molecule has 0 spiro atoms. The molecule has 2 aromatic rings. The van der Waals surface area contributed by atoms with Gasteiger partial charge in [0.05, 0.1) is 11.3 Å². The molecule has 2 N–H and O–H groups in total. The van der Waals surface area contributed by atoms with E-state index in [-0.39, 0.29) is 10.9 Å². The van der Waals surface area contributed by atoms with Gasteiger partial charge in [0.15, 0.2) is 0 Å². The van der Waals surface area contributed by atoms with Crippen molar-refractivity contribution in [3.63, 3.8) is 0 Å². The SMILES string of the molecule is Cc1nnc(Oc2cccc(F)c2)c(C(N)=S)c1C. The third kappa shape index (κ3) is 2.85. The first-order valence-corrected chi connectivity index (χ1v) is 5.97. The summed E-state index contributed by atoms with van der Waals surface area (Å²) in [6.45, 7) is 3.63. The average molecular weight is 277 g/mol. The van der Waals surface area contributed by atoms with E-state index in [0.717, 1.165) is 11.3 Å². The first-order chi connectivity index (χ1) is 8.99. The van der Waals surface area contributed by atoms with Crippen LogP contribution in [0.4, 0.5) is 4.39 Å². The molecular weight excluding hydrogens is 265 g/mol. The topological polar surface area (TPSA) is 61.0 Å². The molecule has 19 heavy (non-hydrogen) atoms. The van der Waals surface area contributed by atoms with Gasteiger partial charge in [0.1, 0.15) is 16.6 Å². The summed E-state index contributed by atoms with van der Waals surface area (Å²) in [4.78, 5) is 0.168. The van der Waals surface area contributed by atoms with Gasteiger partial charge in [-0.25, -0.2) is 4.39 Å². The van der Waals surface area contributed by atoms with E-state index in [4.69, 9.17) is 22.7 Å². The summed E-state index contributed by atoms with van der Waals surface area (Å²) < 4.78 is 18.6. The summed E-state index contributed by atoms with van der Waals surface area (Å²) in [5.74, 6) is 0.0995. The van der Waals surface area contributed by atoms with Crippen molar-refractivity contribution in [1.29, 1.82) is 0 Å². The summed E-state index contributed by atoms with van der Waals surface area (Å²) in [5, 5.41) is 7.88. The molecule has 0 saturated carbocycles. The Morgan fingerprint density at radius 2 is 2.05 bits per heavy atom. The fourth-order valence-electron chi connectivity index (χ4n) is 1.59. The van der Waals surface area contributed by atoms with Gasteiger partial charge < -0.3 is 10.5 Å². The van der Waals surface area contributed by atoms with Crippen molar-refractivity contribution in [3.05, 3.63) is 46.9 Å². The molecule has 0 aliphatic carbocycles. The second-order valence-corrected chi connectivity index (χ2v) is 4.45. The van der Waals surface area contributed by atoms with E-state index in [1.165, 1.54) is 12.1 Å². The summed E-state index contributed by atoms with van der Waals surface area (Å²) in [6, 6.07) is 5.73. The van der Waals surface area contributed by atoms with Crippen LogP contribution in [0.2, 0.25) is 0 Å². The smallest absolute Gasteiger partial charge is 0.249 e. The first-order valence-electron chi connectivity index (χ1n) is 5.56. The normalized spacial score (nSPS) is 10.3. The van der Waals surface area contributed by atoms with Crippen molar-refractivity contribution in [2.24, 2.45) is 5.73 Å². The number of ether oxygens (including phenoxy) is 1. The highest BCUT2D eigenvalue weighted by Crippen LogP contribution is 2.26. The van der Waals surface area contributed by atoms with E-state index in [0.29, 0.717) is 11.3 Å². The molecule has 98 valence electrons. The lowest BCUT2D eigenvalue weighted by molar-refractivity contribution is 0.448. The van der Waals surface area contributed by atoms with Crippen LogP contribution >= 0.6 is 12.2 Å². The van der Waals surface area contributed by atoms with Gasteiger partial charge in [-0.2, -0.15) is 5.10 Å². The Morgan fingerprint density at radius 3 is 2.68 bits per heavy atom. The summed E-state index contributed by atoms with van der Waals surface area (Å²) in [5.41, 5.74) is 7.71. The van der Waals surface area contributed by atoms with E-state index in [9.17, 15) is 4.39 Å². The van der Waals surface area contributed by atoms with Gasteiger partial charge in [-0.05, 0) is 31.5 Å². The second-order valence-electron chi connectivity index (χ2n) is 4.01. The lowest BCUT2D eigenvalue weighted by Gasteiger charge is -2.12. The van der Waals surface area contributed by atoms with Crippen molar-refractivity contribution in [2.75, 3.05) is 0 Å². The first kappa shape index (κ1) is 13.4. The minimum Gasteiger partial charge on any atom is -0.437 e. The molecule has 0 radical (unpaired) electrons. The maximum absolute atomic E-state index is 13.1.